The molecule has 1 heterocycles. The third-order valence-electron chi connectivity index (χ3n) is 1.21. The molecule has 1 unspecified atom stereocenters. The summed E-state index contributed by atoms with van der Waals surface area (Å²) in [5.74, 6) is 0.528. The van der Waals surface area contributed by atoms with E-state index in [1.54, 1.807) is 0 Å². The SMILES string of the molecule is C=C1CCCOS(=O)C1. The highest BCUT2D eigenvalue weighted by Gasteiger charge is 2.07. The van der Waals surface area contributed by atoms with Crippen LogP contribution in [-0.4, -0.2) is 16.6 Å². The van der Waals surface area contributed by atoms with Crippen molar-refractivity contribution in [3.05, 3.63) is 12.2 Å². The Bertz CT molecular complexity index is 126. The van der Waals surface area contributed by atoms with Gasteiger partial charge in [0, 0.05) is 0 Å². The fourth-order valence-corrected chi connectivity index (χ4v) is 1.62. The topological polar surface area (TPSA) is 26.3 Å². The average molecular weight is 146 g/mol. The van der Waals surface area contributed by atoms with Gasteiger partial charge in [0.25, 0.3) is 0 Å². The van der Waals surface area contributed by atoms with Crippen LogP contribution in [0.2, 0.25) is 0 Å². The van der Waals surface area contributed by atoms with E-state index in [9.17, 15) is 4.21 Å². The van der Waals surface area contributed by atoms with Crippen LogP contribution in [0.4, 0.5) is 0 Å². The van der Waals surface area contributed by atoms with E-state index in [0.717, 1.165) is 18.4 Å². The first-order chi connectivity index (χ1) is 4.29. The summed E-state index contributed by atoms with van der Waals surface area (Å²) in [4.78, 5) is 0. The van der Waals surface area contributed by atoms with Crippen LogP contribution in [0.3, 0.4) is 0 Å². The normalized spacial score (nSPS) is 29.8. The van der Waals surface area contributed by atoms with Gasteiger partial charge >= 0.3 is 0 Å². The minimum absolute atomic E-state index is 0.528. The Morgan fingerprint density at radius 1 is 1.67 bits per heavy atom. The van der Waals surface area contributed by atoms with Crippen LogP contribution < -0.4 is 0 Å². The third kappa shape index (κ3) is 2.28. The molecule has 0 aliphatic carbocycles. The molecule has 0 radical (unpaired) electrons. The van der Waals surface area contributed by atoms with Gasteiger partial charge in [-0.05, 0) is 12.8 Å². The first kappa shape index (κ1) is 6.96. The molecule has 1 fully saturated rings. The summed E-state index contributed by atoms with van der Waals surface area (Å²) in [6.45, 7) is 4.37. The second-order valence-electron chi connectivity index (χ2n) is 2.12. The maximum Gasteiger partial charge on any atom is 0.159 e. The molecule has 0 N–H and O–H groups in total. The summed E-state index contributed by atoms with van der Waals surface area (Å²) in [7, 11) is 0. The van der Waals surface area contributed by atoms with Crippen molar-refractivity contribution in [3.63, 3.8) is 0 Å². The number of hydrogen-bond donors (Lipinski definition) is 0. The molecule has 1 aliphatic heterocycles. The Labute approximate surface area is 57.6 Å². The van der Waals surface area contributed by atoms with E-state index in [1.165, 1.54) is 0 Å². The predicted molar refractivity (Wildman–Crippen MR) is 37.3 cm³/mol. The van der Waals surface area contributed by atoms with E-state index >= 15 is 0 Å². The van der Waals surface area contributed by atoms with Crippen molar-refractivity contribution in [2.75, 3.05) is 12.4 Å². The zero-order valence-electron chi connectivity index (χ0n) is 5.26. The van der Waals surface area contributed by atoms with E-state index in [1.807, 2.05) is 0 Å². The Hall–Kier alpha value is -0.150. The van der Waals surface area contributed by atoms with E-state index in [0.29, 0.717) is 12.4 Å². The second-order valence-corrected chi connectivity index (χ2v) is 3.26. The molecule has 0 spiro atoms. The molecule has 2 nitrogen and oxygen atoms in total. The lowest BCUT2D eigenvalue weighted by molar-refractivity contribution is 0.348. The van der Waals surface area contributed by atoms with Crippen molar-refractivity contribution >= 4 is 11.1 Å². The van der Waals surface area contributed by atoms with Crippen LogP contribution in [0, 0.1) is 0 Å². The van der Waals surface area contributed by atoms with Crippen LogP contribution in [-0.2, 0) is 15.3 Å². The molecule has 0 saturated carbocycles. The lowest BCUT2D eigenvalue weighted by atomic mass is 10.2. The standard InChI is InChI=1S/C6H10O2S/c1-6-3-2-4-8-9(7)5-6/h1-5H2. The van der Waals surface area contributed by atoms with Gasteiger partial charge in [-0.3, -0.25) is 4.18 Å². The average Bonchev–Trinajstić information content (AvgIpc) is 1.93. The zero-order chi connectivity index (χ0) is 6.69. The molecule has 1 saturated heterocycles. The van der Waals surface area contributed by atoms with E-state index in [-0.39, 0.29) is 0 Å². The maximum atomic E-state index is 10.7. The molecule has 0 bridgehead atoms. The smallest absolute Gasteiger partial charge is 0.159 e. The minimum atomic E-state index is -1.09. The summed E-state index contributed by atoms with van der Waals surface area (Å²) in [6, 6.07) is 0. The van der Waals surface area contributed by atoms with Gasteiger partial charge in [-0.25, -0.2) is 4.21 Å². The minimum Gasteiger partial charge on any atom is -0.290 e. The fourth-order valence-electron chi connectivity index (χ4n) is 0.755. The molecule has 1 rings (SSSR count). The summed E-state index contributed by atoms with van der Waals surface area (Å²) >= 11 is -1.09. The third-order valence-corrected chi connectivity index (χ3v) is 2.28. The van der Waals surface area contributed by atoms with Gasteiger partial charge in [0.2, 0.25) is 0 Å². The van der Waals surface area contributed by atoms with Gasteiger partial charge in [-0.1, -0.05) is 12.2 Å². The Balaban J connectivity index is 2.47. The zero-order valence-corrected chi connectivity index (χ0v) is 6.08. The van der Waals surface area contributed by atoms with Gasteiger partial charge in [-0.15, -0.1) is 0 Å². The van der Waals surface area contributed by atoms with E-state index in [4.69, 9.17) is 4.18 Å². The Morgan fingerprint density at radius 2 is 2.44 bits per heavy atom. The molecule has 1 aliphatic rings. The van der Waals surface area contributed by atoms with Crippen molar-refractivity contribution in [3.8, 4) is 0 Å². The lowest BCUT2D eigenvalue weighted by Gasteiger charge is -1.93. The van der Waals surface area contributed by atoms with Crippen LogP contribution in [0.5, 0.6) is 0 Å². The summed E-state index contributed by atoms with van der Waals surface area (Å²) in [5, 5.41) is 0. The van der Waals surface area contributed by atoms with E-state index < -0.39 is 11.1 Å². The molecule has 1 atom stereocenters. The highest BCUT2D eigenvalue weighted by molar-refractivity contribution is 7.80. The predicted octanol–water partition coefficient (Wildman–Crippen LogP) is 1.02. The Kier molecular flexibility index (Phi) is 2.42. The van der Waals surface area contributed by atoms with Crippen molar-refractivity contribution in [1.29, 1.82) is 0 Å². The van der Waals surface area contributed by atoms with Gasteiger partial charge < -0.3 is 0 Å². The van der Waals surface area contributed by atoms with Gasteiger partial charge in [0.1, 0.15) is 0 Å². The van der Waals surface area contributed by atoms with Crippen molar-refractivity contribution < 1.29 is 8.39 Å². The highest BCUT2D eigenvalue weighted by Crippen LogP contribution is 2.09. The summed E-state index contributed by atoms with van der Waals surface area (Å²) in [6.07, 6.45) is 1.93. The number of hydrogen-bond acceptors (Lipinski definition) is 2. The fraction of sp³-hybridized carbons (Fsp3) is 0.667. The van der Waals surface area contributed by atoms with Crippen molar-refractivity contribution in [2.24, 2.45) is 0 Å². The molecular weight excluding hydrogens is 136 g/mol. The summed E-state index contributed by atoms with van der Waals surface area (Å²) in [5.41, 5.74) is 1.05. The molecule has 0 aromatic heterocycles. The quantitative estimate of drug-likeness (QED) is 0.477. The molecule has 3 heteroatoms. The highest BCUT2D eigenvalue weighted by atomic mass is 32.2. The number of rotatable bonds is 0. The van der Waals surface area contributed by atoms with Gasteiger partial charge in [-0.2, -0.15) is 0 Å². The van der Waals surface area contributed by atoms with Gasteiger partial charge in [0.05, 0.1) is 12.4 Å². The van der Waals surface area contributed by atoms with Crippen LogP contribution in [0.25, 0.3) is 0 Å². The molecule has 0 aromatic carbocycles. The molecule has 0 aromatic rings. The molecule has 0 amide bonds. The van der Waals surface area contributed by atoms with E-state index in [2.05, 4.69) is 6.58 Å². The summed E-state index contributed by atoms with van der Waals surface area (Å²) < 4.78 is 15.6. The second kappa shape index (κ2) is 3.13. The molecule has 52 valence electrons. The Morgan fingerprint density at radius 3 is 3.22 bits per heavy atom. The lowest BCUT2D eigenvalue weighted by Crippen LogP contribution is -1.98. The van der Waals surface area contributed by atoms with Crippen LogP contribution in [0.15, 0.2) is 12.2 Å². The van der Waals surface area contributed by atoms with Crippen molar-refractivity contribution in [2.45, 2.75) is 12.8 Å². The first-order valence-electron chi connectivity index (χ1n) is 2.97. The maximum absolute atomic E-state index is 10.7. The monoisotopic (exact) mass is 146 g/mol. The van der Waals surface area contributed by atoms with Crippen LogP contribution >= 0.6 is 0 Å². The largest absolute Gasteiger partial charge is 0.290 e. The molecule has 9 heavy (non-hydrogen) atoms. The van der Waals surface area contributed by atoms with Crippen LogP contribution in [0.1, 0.15) is 12.8 Å². The van der Waals surface area contributed by atoms with Crippen molar-refractivity contribution in [1.82, 2.24) is 0 Å². The molecular formula is C6H10O2S. The first-order valence-corrected chi connectivity index (χ1v) is 4.22. The van der Waals surface area contributed by atoms with Gasteiger partial charge in [0.15, 0.2) is 11.1 Å².